The molecule has 1 heterocycles. The third-order valence-corrected chi connectivity index (χ3v) is 4.14. The molecule has 1 aromatic carbocycles. The molecule has 1 aliphatic rings. The third-order valence-electron chi connectivity index (χ3n) is 4.14. The molecule has 2 N–H and O–H groups in total. The quantitative estimate of drug-likeness (QED) is 0.865. The molecule has 3 heteroatoms. The topological polar surface area (TPSA) is 41.1 Å². The highest BCUT2D eigenvalue weighted by molar-refractivity contribution is 5.78. The van der Waals surface area contributed by atoms with Crippen LogP contribution in [0.2, 0.25) is 0 Å². The predicted molar refractivity (Wildman–Crippen MR) is 82.7 cm³/mol. The number of carbonyl (C=O) groups is 1. The van der Waals surface area contributed by atoms with Gasteiger partial charge in [-0.1, -0.05) is 31.2 Å². The Balaban J connectivity index is 1.73. The fraction of sp³-hybridized carbons (Fsp3) is 0.588. The highest BCUT2D eigenvalue weighted by Gasteiger charge is 2.24. The molecule has 1 amide bonds. The molecular weight excluding hydrogens is 248 g/mol. The van der Waals surface area contributed by atoms with Crippen LogP contribution in [0.1, 0.15) is 37.8 Å². The maximum absolute atomic E-state index is 12.1. The summed E-state index contributed by atoms with van der Waals surface area (Å²) in [4.78, 5) is 12.1. The van der Waals surface area contributed by atoms with Gasteiger partial charge in [0.05, 0.1) is 0 Å². The SMILES string of the molecule is CCc1ccc(CCNC(=O)[C@H]2CCN[C@@H](C)C2)cc1. The van der Waals surface area contributed by atoms with Gasteiger partial charge < -0.3 is 10.6 Å². The Morgan fingerprint density at radius 3 is 2.65 bits per heavy atom. The van der Waals surface area contributed by atoms with Crippen LogP contribution in [-0.4, -0.2) is 25.0 Å². The van der Waals surface area contributed by atoms with Gasteiger partial charge in [0.1, 0.15) is 0 Å². The second-order valence-corrected chi connectivity index (χ2v) is 5.79. The van der Waals surface area contributed by atoms with Crippen molar-refractivity contribution in [1.82, 2.24) is 10.6 Å². The van der Waals surface area contributed by atoms with Gasteiger partial charge in [-0.2, -0.15) is 0 Å². The molecule has 3 nitrogen and oxygen atoms in total. The number of amides is 1. The summed E-state index contributed by atoms with van der Waals surface area (Å²) >= 11 is 0. The van der Waals surface area contributed by atoms with Gasteiger partial charge in [0.25, 0.3) is 0 Å². The largest absolute Gasteiger partial charge is 0.356 e. The number of hydrogen-bond acceptors (Lipinski definition) is 2. The van der Waals surface area contributed by atoms with E-state index in [4.69, 9.17) is 0 Å². The molecule has 110 valence electrons. The number of nitrogens with one attached hydrogen (secondary N) is 2. The Hall–Kier alpha value is -1.35. The fourth-order valence-corrected chi connectivity index (χ4v) is 2.79. The fourth-order valence-electron chi connectivity index (χ4n) is 2.79. The first-order chi connectivity index (χ1) is 9.69. The van der Waals surface area contributed by atoms with Crippen LogP contribution in [0.15, 0.2) is 24.3 Å². The van der Waals surface area contributed by atoms with E-state index in [1.807, 2.05) is 0 Å². The summed E-state index contributed by atoms with van der Waals surface area (Å²) in [5.74, 6) is 0.414. The van der Waals surface area contributed by atoms with Crippen LogP contribution in [-0.2, 0) is 17.6 Å². The van der Waals surface area contributed by atoms with E-state index in [-0.39, 0.29) is 11.8 Å². The summed E-state index contributed by atoms with van der Waals surface area (Å²) in [5.41, 5.74) is 2.66. The van der Waals surface area contributed by atoms with Crippen molar-refractivity contribution in [2.24, 2.45) is 5.92 Å². The van der Waals surface area contributed by atoms with Gasteiger partial charge in [-0.05, 0) is 50.3 Å². The number of hydrogen-bond donors (Lipinski definition) is 2. The number of carbonyl (C=O) groups excluding carboxylic acids is 1. The Bertz CT molecular complexity index is 427. The van der Waals surface area contributed by atoms with E-state index >= 15 is 0 Å². The average molecular weight is 274 g/mol. The van der Waals surface area contributed by atoms with Gasteiger partial charge in [0.2, 0.25) is 5.91 Å². The molecule has 2 atom stereocenters. The van der Waals surface area contributed by atoms with Gasteiger partial charge in [0.15, 0.2) is 0 Å². The monoisotopic (exact) mass is 274 g/mol. The highest BCUT2D eigenvalue weighted by atomic mass is 16.1. The molecule has 1 aliphatic heterocycles. The summed E-state index contributed by atoms with van der Waals surface area (Å²) in [7, 11) is 0. The van der Waals surface area contributed by atoms with E-state index < -0.39 is 0 Å². The van der Waals surface area contributed by atoms with E-state index in [1.54, 1.807) is 0 Å². The summed E-state index contributed by atoms with van der Waals surface area (Å²) in [6.07, 6.45) is 3.90. The average Bonchev–Trinajstić information content (AvgIpc) is 2.48. The van der Waals surface area contributed by atoms with Crippen molar-refractivity contribution < 1.29 is 4.79 Å². The lowest BCUT2D eigenvalue weighted by atomic mass is 9.92. The highest BCUT2D eigenvalue weighted by Crippen LogP contribution is 2.15. The van der Waals surface area contributed by atoms with E-state index in [1.165, 1.54) is 11.1 Å². The first-order valence-corrected chi connectivity index (χ1v) is 7.78. The van der Waals surface area contributed by atoms with E-state index in [0.717, 1.165) is 38.8 Å². The van der Waals surface area contributed by atoms with Crippen LogP contribution in [0.25, 0.3) is 0 Å². The number of benzene rings is 1. The number of aryl methyl sites for hydroxylation is 1. The summed E-state index contributed by atoms with van der Waals surface area (Å²) in [5, 5.41) is 6.46. The van der Waals surface area contributed by atoms with Crippen LogP contribution < -0.4 is 10.6 Å². The molecule has 0 aromatic heterocycles. The molecular formula is C17H26N2O. The van der Waals surface area contributed by atoms with Crippen molar-refractivity contribution in [3.8, 4) is 0 Å². The van der Waals surface area contributed by atoms with Crippen LogP contribution in [0.3, 0.4) is 0 Å². The Labute approximate surface area is 122 Å². The van der Waals surface area contributed by atoms with E-state index in [0.29, 0.717) is 6.04 Å². The van der Waals surface area contributed by atoms with Crippen molar-refractivity contribution in [1.29, 1.82) is 0 Å². The molecule has 20 heavy (non-hydrogen) atoms. The standard InChI is InChI=1S/C17H26N2O/c1-3-14-4-6-15(7-5-14)8-10-19-17(20)16-9-11-18-13(2)12-16/h4-7,13,16,18H,3,8-12H2,1-2H3,(H,19,20)/t13-,16-/m0/s1. The van der Waals surface area contributed by atoms with Crippen LogP contribution in [0.4, 0.5) is 0 Å². The van der Waals surface area contributed by atoms with Crippen LogP contribution in [0.5, 0.6) is 0 Å². The molecule has 0 bridgehead atoms. The lowest BCUT2D eigenvalue weighted by molar-refractivity contribution is -0.126. The zero-order valence-electron chi connectivity index (χ0n) is 12.6. The van der Waals surface area contributed by atoms with Gasteiger partial charge in [-0.25, -0.2) is 0 Å². The van der Waals surface area contributed by atoms with Crippen molar-refractivity contribution >= 4 is 5.91 Å². The lowest BCUT2D eigenvalue weighted by Gasteiger charge is -2.27. The van der Waals surface area contributed by atoms with E-state index in [9.17, 15) is 4.79 Å². The second kappa shape index (κ2) is 7.44. The molecule has 1 fully saturated rings. The van der Waals surface area contributed by atoms with E-state index in [2.05, 4.69) is 48.7 Å². The summed E-state index contributed by atoms with van der Waals surface area (Å²) in [6, 6.07) is 9.13. The summed E-state index contributed by atoms with van der Waals surface area (Å²) in [6.45, 7) is 6.00. The third kappa shape index (κ3) is 4.34. The van der Waals surface area contributed by atoms with Gasteiger partial charge in [-0.15, -0.1) is 0 Å². The Kier molecular flexibility index (Phi) is 5.60. The molecule has 0 saturated carbocycles. The summed E-state index contributed by atoms with van der Waals surface area (Å²) < 4.78 is 0. The lowest BCUT2D eigenvalue weighted by Crippen LogP contribution is -2.42. The molecule has 1 aromatic rings. The maximum atomic E-state index is 12.1. The second-order valence-electron chi connectivity index (χ2n) is 5.79. The Morgan fingerprint density at radius 1 is 1.30 bits per heavy atom. The molecule has 1 saturated heterocycles. The first kappa shape index (κ1) is 15.0. The minimum Gasteiger partial charge on any atom is -0.356 e. The maximum Gasteiger partial charge on any atom is 0.223 e. The van der Waals surface area contributed by atoms with Gasteiger partial charge in [-0.3, -0.25) is 4.79 Å². The van der Waals surface area contributed by atoms with Gasteiger partial charge >= 0.3 is 0 Å². The predicted octanol–water partition coefficient (Wildman–Crippen LogP) is 2.30. The first-order valence-electron chi connectivity index (χ1n) is 7.78. The Morgan fingerprint density at radius 2 is 2.00 bits per heavy atom. The van der Waals surface area contributed by atoms with Crippen molar-refractivity contribution in [3.63, 3.8) is 0 Å². The molecule has 0 unspecified atom stereocenters. The van der Waals surface area contributed by atoms with Gasteiger partial charge in [0, 0.05) is 18.5 Å². The smallest absolute Gasteiger partial charge is 0.223 e. The minimum atomic E-state index is 0.189. The molecule has 0 spiro atoms. The van der Waals surface area contributed by atoms with Crippen LogP contribution in [0, 0.1) is 5.92 Å². The van der Waals surface area contributed by atoms with Crippen molar-refractivity contribution in [2.75, 3.05) is 13.1 Å². The number of rotatable bonds is 5. The molecule has 2 rings (SSSR count). The normalized spacial score (nSPS) is 22.5. The zero-order chi connectivity index (χ0) is 14.4. The van der Waals surface area contributed by atoms with Crippen LogP contribution >= 0.6 is 0 Å². The number of piperidine rings is 1. The molecule has 0 radical (unpaired) electrons. The molecule has 0 aliphatic carbocycles. The zero-order valence-corrected chi connectivity index (χ0v) is 12.6. The van der Waals surface area contributed by atoms with Crippen molar-refractivity contribution in [3.05, 3.63) is 35.4 Å². The van der Waals surface area contributed by atoms with Crippen molar-refractivity contribution in [2.45, 2.75) is 45.6 Å². The minimum absolute atomic E-state index is 0.189.